The maximum atomic E-state index is 11.9. The Bertz CT molecular complexity index is 529. The number of hydrogen-bond acceptors (Lipinski definition) is 4. The molecular formula is C19H35NO3S. The molecule has 0 bridgehead atoms. The van der Waals surface area contributed by atoms with E-state index in [1.807, 2.05) is 12.1 Å². The molecule has 0 aliphatic rings. The predicted molar refractivity (Wildman–Crippen MR) is 101 cm³/mol. The lowest BCUT2D eigenvalue weighted by molar-refractivity contribution is 0.397. The molecule has 0 radical (unpaired) electrons. The average Bonchev–Trinajstić information content (AvgIpc) is 2.57. The van der Waals surface area contributed by atoms with Crippen LogP contribution in [0.2, 0.25) is 0 Å². The van der Waals surface area contributed by atoms with Crippen LogP contribution in [0, 0.1) is 0 Å². The zero-order chi connectivity index (χ0) is 17.0. The van der Waals surface area contributed by atoms with Crippen molar-refractivity contribution in [3.63, 3.8) is 0 Å². The van der Waals surface area contributed by atoms with Gasteiger partial charge in [-0.1, -0.05) is 82.9 Å². The molecule has 0 saturated carbocycles. The molecule has 0 saturated heterocycles. The van der Waals surface area contributed by atoms with E-state index in [1.54, 1.807) is 12.1 Å². The fourth-order valence-corrected chi connectivity index (χ4v) is 3.76. The molecule has 0 fully saturated rings. The molecule has 3 N–H and O–H groups in total. The van der Waals surface area contributed by atoms with Gasteiger partial charge in [0.2, 0.25) is 0 Å². The number of aryl methyl sites for hydroxylation is 1. The van der Waals surface area contributed by atoms with E-state index in [0.717, 1.165) is 24.8 Å². The highest BCUT2D eigenvalue weighted by Crippen LogP contribution is 2.20. The molecule has 0 aliphatic carbocycles. The molecular weight excluding hydrogens is 322 g/mol. The van der Waals surface area contributed by atoms with Crippen molar-refractivity contribution in [3.05, 3.63) is 29.8 Å². The Balaban J connectivity index is 0.00000529. The van der Waals surface area contributed by atoms with E-state index in [4.69, 9.17) is 0 Å². The summed E-state index contributed by atoms with van der Waals surface area (Å²) >= 11 is 0. The maximum absolute atomic E-state index is 11.9. The van der Waals surface area contributed by atoms with Crippen LogP contribution in [0.3, 0.4) is 0 Å². The molecule has 0 aromatic heterocycles. The van der Waals surface area contributed by atoms with E-state index >= 15 is 0 Å². The van der Waals surface area contributed by atoms with Gasteiger partial charge < -0.3 is 6.15 Å². The Morgan fingerprint density at radius 3 is 1.88 bits per heavy atom. The molecule has 1 aromatic rings. The Hall–Kier alpha value is -0.910. The van der Waals surface area contributed by atoms with Gasteiger partial charge in [0.05, 0.1) is 12.0 Å². The highest BCUT2D eigenvalue weighted by atomic mass is 32.2. The summed E-state index contributed by atoms with van der Waals surface area (Å²) in [6.45, 7) is 2.25. The van der Waals surface area contributed by atoms with Crippen molar-refractivity contribution in [3.8, 4) is 0 Å². The average molecular weight is 358 g/mol. The van der Waals surface area contributed by atoms with Crippen LogP contribution in [0.15, 0.2) is 29.2 Å². The van der Waals surface area contributed by atoms with Gasteiger partial charge in [-0.3, -0.25) is 4.18 Å². The minimum Gasteiger partial charge on any atom is -0.344 e. The number of unbranched alkanes of at least 4 members (excludes halogenated alkanes) is 9. The smallest absolute Gasteiger partial charge is 0.296 e. The SMILES string of the molecule is CCCCCCCCCCCCc1ccccc1S(=O)(=O)OC.N. The summed E-state index contributed by atoms with van der Waals surface area (Å²) in [5, 5.41) is 0. The van der Waals surface area contributed by atoms with Gasteiger partial charge in [-0.2, -0.15) is 8.42 Å². The van der Waals surface area contributed by atoms with Crippen LogP contribution in [-0.2, 0) is 20.7 Å². The third-order valence-corrected chi connectivity index (χ3v) is 5.64. The van der Waals surface area contributed by atoms with E-state index in [2.05, 4.69) is 11.1 Å². The minimum absolute atomic E-state index is 0. The quantitative estimate of drug-likeness (QED) is 0.365. The van der Waals surface area contributed by atoms with Gasteiger partial charge in [-0.15, -0.1) is 0 Å². The van der Waals surface area contributed by atoms with Crippen LogP contribution in [0.4, 0.5) is 0 Å². The number of rotatable bonds is 13. The largest absolute Gasteiger partial charge is 0.344 e. The minimum atomic E-state index is -3.59. The van der Waals surface area contributed by atoms with Crippen LogP contribution >= 0.6 is 0 Å². The molecule has 24 heavy (non-hydrogen) atoms. The molecule has 0 unspecified atom stereocenters. The third kappa shape index (κ3) is 8.81. The lowest BCUT2D eigenvalue weighted by Gasteiger charge is -2.08. The second-order valence-electron chi connectivity index (χ2n) is 6.16. The summed E-state index contributed by atoms with van der Waals surface area (Å²) in [6.07, 6.45) is 13.6. The molecule has 1 aromatic carbocycles. The van der Waals surface area contributed by atoms with Crippen molar-refractivity contribution < 1.29 is 12.6 Å². The second-order valence-corrected chi connectivity index (χ2v) is 7.84. The van der Waals surface area contributed by atoms with E-state index in [-0.39, 0.29) is 6.15 Å². The zero-order valence-electron chi connectivity index (χ0n) is 15.4. The number of benzene rings is 1. The van der Waals surface area contributed by atoms with Crippen molar-refractivity contribution in [1.82, 2.24) is 6.15 Å². The second kappa shape index (κ2) is 13.4. The fraction of sp³-hybridized carbons (Fsp3) is 0.684. The topological polar surface area (TPSA) is 78.4 Å². The first-order valence-electron chi connectivity index (χ1n) is 9.00. The number of hydrogen-bond donors (Lipinski definition) is 1. The normalized spacial score (nSPS) is 11.2. The molecule has 0 amide bonds. The standard InChI is InChI=1S/C19H32O3S.H3N/c1-3-4-5-6-7-8-9-10-11-12-15-18-16-13-14-17-19(18)23(20,21)22-2;/h13-14,16-17H,3-12,15H2,1-2H3;1H3. The van der Waals surface area contributed by atoms with E-state index in [9.17, 15) is 8.42 Å². The Labute approximate surface area is 148 Å². The highest BCUT2D eigenvalue weighted by Gasteiger charge is 2.16. The lowest BCUT2D eigenvalue weighted by atomic mass is 10.0. The predicted octanol–water partition coefficient (Wildman–Crippen LogP) is 5.65. The maximum Gasteiger partial charge on any atom is 0.296 e. The Kier molecular flexibility index (Phi) is 12.9. The molecule has 140 valence electrons. The Morgan fingerprint density at radius 1 is 0.833 bits per heavy atom. The first kappa shape index (κ1) is 23.1. The van der Waals surface area contributed by atoms with Gasteiger partial charge in [0, 0.05) is 0 Å². The molecule has 5 heteroatoms. The van der Waals surface area contributed by atoms with Crippen LogP contribution in [0.25, 0.3) is 0 Å². The highest BCUT2D eigenvalue weighted by molar-refractivity contribution is 7.86. The first-order valence-corrected chi connectivity index (χ1v) is 10.4. The summed E-state index contributed by atoms with van der Waals surface area (Å²) in [4.78, 5) is 0.318. The van der Waals surface area contributed by atoms with Crippen molar-refractivity contribution in [2.45, 2.75) is 82.4 Å². The monoisotopic (exact) mass is 357 g/mol. The first-order chi connectivity index (χ1) is 11.1. The van der Waals surface area contributed by atoms with Gasteiger partial charge in [-0.05, 0) is 24.5 Å². The summed E-state index contributed by atoms with van der Waals surface area (Å²) in [5.41, 5.74) is 0.869. The third-order valence-electron chi connectivity index (χ3n) is 4.26. The van der Waals surface area contributed by atoms with Crippen molar-refractivity contribution >= 4 is 10.1 Å². The molecule has 1 rings (SSSR count). The fourth-order valence-electron chi connectivity index (χ4n) is 2.85. The van der Waals surface area contributed by atoms with Gasteiger partial charge in [-0.25, -0.2) is 0 Å². The van der Waals surface area contributed by atoms with E-state index < -0.39 is 10.1 Å². The summed E-state index contributed by atoms with van der Waals surface area (Å²) < 4.78 is 28.4. The van der Waals surface area contributed by atoms with Crippen LogP contribution < -0.4 is 6.15 Å². The lowest BCUT2D eigenvalue weighted by Crippen LogP contribution is -2.06. The van der Waals surface area contributed by atoms with Crippen molar-refractivity contribution in [2.75, 3.05) is 7.11 Å². The van der Waals surface area contributed by atoms with E-state index in [1.165, 1.54) is 58.5 Å². The molecule has 0 atom stereocenters. The van der Waals surface area contributed by atoms with E-state index in [0.29, 0.717) is 4.90 Å². The molecule has 4 nitrogen and oxygen atoms in total. The zero-order valence-corrected chi connectivity index (χ0v) is 16.2. The van der Waals surface area contributed by atoms with Gasteiger partial charge in [0.1, 0.15) is 0 Å². The molecule has 0 heterocycles. The summed E-state index contributed by atoms with van der Waals surface area (Å²) in [7, 11) is -2.38. The van der Waals surface area contributed by atoms with Crippen LogP contribution in [0.1, 0.15) is 76.7 Å². The van der Waals surface area contributed by atoms with Gasteiger partial charge >= 0.3 is 0 Å². The summed E-state index contributed by atoms with van der Waals surface area (Å²) in [6, 6.07) is 7.15. The van der Waals surface area contributed by atoms with Crippen LogP contribution in [0.5, 0.6) is 0 Å². The molecule has 0 aliphatic heterocycles. The van der Waals surface area contributed by atoms with Gasteiger partial charge in [0.15, 0.2) is 0 Å². The summed E-state index contributed by atoms with van der Waals surface area (Å²) in [5.74, 6) is 0. The van der Waals surface area contributed by atoms with Crippen molar-refractivity contribution in [1.29, 1.82) is 0 Å². The van der Waals surface area contributed by atoms with Gasteiger partial charge in [0.25, 0.3) is 10.1 Å². The van der Waals surface area contributed by atoms with Crippen molar-refractivity contribution in [2.24, 2.45) is 0 Å². The van der Waals surface area contributed by atoms with Crippen LogP contribution in [-0.4, -0.2) is 15.5 Å². The molecule has 0 spiro atoms. The Morgan fingerprint density at radius 2 is 1.33 bits per heavy atom.